The van der Waals surface area contributed by atoms with Crippen molar-refractivity contribution in [3.63, 3.8) is 0 Å². The van der Waals surface area contributed by atoms with E-state index in [9.17, 15) is 4.79 Å². The van der Waals surface area contributed by atoms with Crippen LogP contribution < -0.4 is 16.6 Å². The van der Waals surface area contributed by atoms with Crippen molar-refractivity contribution in [2.24, 2.45) is 5.84 Å². The second-order valence-corrected chi connectivity index (χ2v) is 3.03. The molecule has 0 radical (unpaired) electrons. The molecule has 5 nitrogen and oxygen atoms in total. The number of amides is 2. The van der Waals surface area contributed by atoms with Crippen LogP contribution in [0.2, 0.25) is 0 Å². The van der Waals surface area contributed by atoms with E-state index in [0.717, 1.165) is 17.0 Å². The molecule has 0 aliphatic heterocycles. The maximum Gasteiger partial charge on any atom is 0.329 e. The van der Waals surface area contributed by atoms with Gasteiger partial charge in [-0.2, -0.15) is 0 Å². The Morgan fingerprint density at radius 2 is 2.21 bits per heavy atom. The van der Waals surface area contributed by atoms with Crippen LogP contribution in [0.1, 0.15) is 17.0 Å². The summed E-state index contributed by atoms with van der Waals surface area (Å²) < 4.78 is 0. The van der Waals surface area contributed by atoms with E-state index in [1.165, 1.54) is 0 Å². The minimum Gasteiger partial charge on any atom is -0.331 e. The van der Waals surface area contributed by atoms with Crippen LogP contribution in [-0.2, 0) is 6.54 Å². The van der Waals surface area contributed by atoms with Gasteiger partial charge < -0.3 is 5.32 Å². The Morgan fingerprint density at radius 1 is 1.50 bits per heavy atom. The molecule has 76 valence electrons. The van der Waals surface area contributed by atoms with Crippen molar-refractivity contribution in [2.75, 3.05) is 0 Å². The first kappa shape index (κ1) is 10.5. The van der Waals surface area contributed by atoms with Gasteiger partial charge in [0.15, 0.2) is 0 Å². The van der Waals surface area contributed by atoms with Crippen molar-refractivity contribution in [1.82, 2.24) is 15.7 Å². The fraction of sp³-hybridized carbons (Fsp3) is 0.333. The van der Waals surface area contributed by atoms with E-state index < -0.39 is 6.03 Å². The van der Waals surface area contributed by atoms with Crippen LogP contribution in [0.5, 0.6) is 0 Å². The highest BCUT2D eigenvalue weighted by molar-refractivity contribution is 5.72. The van der Waals surface area contributed by atoms with Gasteiger partial charge in [-0.3, -0.25) is 10.4 Å². The van der Waals surface area contributed by atoms with E-state index in [1.807, 2.05) is 31.4 Å². The van der Waals surface area contributed by atoms with Gasteiger partial charge in [0, 0.05) is 5.69 Å². The van der Waals surface area contributed by atoms with Crippen LogP contribution in [0.4, 0.5) is 4.79 Å². The van der Waals surface area contributed by atoms with Crippen LogP contribution in [-0.4, -0.2) is 11.0 Å². The number of nitrogens with one attached hydrogen (secondary N) is 2. The molecule has 0 bridgehead atoms. The van der Waals surface area contributed by atoms with E-state index >= 15 is 0 Å². The summed E-state index contributed by atoms with van der Waals surface area (Å²) in [5.74, 6) is 4.91. The highest BCUT2D eigenvalue weighted by Crippen LogP contribution is 2.04. The largest absolute Gasteiger partial charge is 0.331 e. The van der Waals surface area contributed by atoms with Crippen LogP contribution in [0.15, 0.2) is 12.1 Å². The maximum atomic E-state index is 10.8. The molecule has 0 saturated heterocycles. The first-order chi connectivity index (χ1) is 6.63. The molecule has 1 aromatic heterocycles. The normalized spacial score (nSPS) is 9.64. The lowest BCUT2D eigenvalue weighted by Gasteiger charge is -2.05. The molecule has 0 fully saturated rings. The molecule has 4 N–H and O–H groups in total. The van der Waals surface area contributed by atoms with Gasteiger partial charge in [0.2, 0.25) is 0 Å². The Labute approximate surface area is 82.7 Å². The van der Waals surface area contributed by atoms with Crippen molar-refractivity contribution in [1.29, 1.82) is 0 Å². The van der Waals surface area contributed by atoms with Crippen LogP contribution in [0, 0.1) is 13.8 Å². The van der Waals surface area contributed by atoms with Crippen LogP contribution in [0.25, 0.3) is 0 Å². The number of nitrogens with zero attached hydrogens (tertiary/aromatic N) is 1. The topological polar surface area (TPSA) is 80.0 Å². The maximum absolute atomic E-state index is 10.8. The number of hydrazine groups is 1. The molecule has 1 rings (SSSR count). The van der Waals surface area contributed by atoms with Crippen molar-refractivity contribution in [2.45, 2.75) is 20.4 Å². The monoisotopic (exact) mass is 194 g/mol. The standard InChI is InChI=1S/C9H14N4O/c1-6-3-4-8(12-7(6)2)5-11-9(14)13-10/h3-4H,5,10H2,1-2H3,(H2,11,13,14). The summed E-state index contributed by atoms with van der Waals surface area (Å²) in [6.45, 7) is 4.30. The predicted molar refractivity (Wildman–Crippen MR) is 53.3 cm³/mol. The zero-order valence-corrected chi connectivity index (χ0v) is 8.29. The number of rotatable bonds is 2. The summed E-state index contributed by atoms with van der Waals surface area (Å²) in [5.41, 5.74) is 4.91. The van der Waals surface area contributed by atoms with Crippen LogP contribution in [0.3, 0.4) is 0 Å². The second kappa shape index (κ2) is 4.57. The second-order valence-electron chi connectivity index (χ2n) is 3.03. The first-order valence-corrected chi connectivity index (χ1v) is 4.31. The molecule has 2 amide bonds. The molecule has 14 heavy (non-hydrogen) atoms. The SMILES string of the molecule is Cc1ccc(CNC(=O)NN)nc1C. The van der Waals surface area contributed by atoms with E-state index in [2.05, 4.69) is 10.3 Å². The number of pyridine rings is 1. The Morgan fingerprint density at radius 3 is 2.79 bits per heavy atom. The number of aromatic nitrogens is 1. The minimum atomic E-state index is -0.412. The lowest BCUT2D eigenvalue weighted by atomic mass is 10.2. The molecule has 0 atom stereocenters. The Hall–Kier alpha value is -1.62. The van der Waals surface area contributed by atoms with Gasteiger partial charge in [-0.1, -0.05) is 6.07 Å². The van der Waals surface area contributed by atoms with Gasteiger partial charge in [-0.25, -0.2) is 10.6 Å². The quantitative estimate of drug-likeness (QED) is 0.361. The molecule has 1 heterocycles. The Balaban J connectivity index is 2.60. The van der Waals surface area contributed by atoms with Crippen molar-refractivity contribution in [3.05, 3.63) is 29.1 Å². The molecule has 1 aromatic rings. The van der Waals surface area contributed by atoms with E-state index in [-0.39, 0.29) is 0 Å². The number of aryl methyl sites for hydroxylation is 2. The van der Waals surface area contributed by atoms with Gasteiger partial charge >= 0.3 is 6.03 Å². The summed E-state index contributed by atoms with van der Waals surface area (Å²) in [5, 5.41) is 2.56. The summed E-state index contributed by atoms with van der Waals surface area (Å²) in [6, 6.07) is 3.43. The van der Waals surface area contributed by atoms with Gasteiger partial charge in [-0.05, 0) is 25.5 Å². The molecular weight excluding hydrogens is 180 g/mol. The highest BCUT2D eigenvalue weighted by Gasteiger charge is 2.00. The first-order valence-electron chi connectivity index (χ1n) is 4.31. The van der Waals surface area contributed by atoms with E-state index in [4.69, 9.17) is 5.84 Å². The van der Waals surface area contributed by atoms with Crippen molar-refractivity contribution < 1.29 is 4.79 Å². The lowest BCUT2D eigenvalue weighted by Crippen LogP contribution is -2.39. The molecule has 0 unspecified atom stereocenters. The number of hydrogen-bond acceptors (Lipinski definition) is 3. The molecule has 0 saturated carbocycles. The number of nitrogens with two attached hydrogens (primary N) is 1. The van der Waals surface area contributed by atoms with Crippen LogP contribution >= 0.6 is 0 Å². The average molecular weight is 194 g/mol. The third kappa shape index (κ3) is 2.70. The Kier molecular flexibility index (Phi) is 3.41. The number of carbonyl (C=O) groups is 1. The third-order valence-electron chi connectivity index (χ3n) is 1.97. The molecule has 0 aromatic carbocycles. The highest BCUT2D eigenvalue weighted by atomic mass is 16.2. The molecule has 5 heteroatoms. The summed E-state index contributed by atoms with van der Waals surface area (Å²) >= 11 is 0. The van der Waals surface area contributed by atoms with Gasteiger partial charge in [-0.15, -0.1) is 0 Å². The van der Waals surface area contributed by atoms with Gasteiger partial charge in [0.25, 0.3) is 0 Å². The van der Waals surface area contributed by atoms with Crippen molar-refractivity contribution >= 4 is 6.03 Å². The number of urea groups is 1. The zero-order chi connectivity index (χ0) is 10.6. The van der Waals surface area contributed by atoms with E-state index in [1.54, 1.807) is 0 Å². The Bertz CT molecular complexity index is 338. The smallest absolute Gasteiger partial charge is 0.329 e. The summed E-state index contributed by atoms with van der Waals surface area (Å²) in [4.78, 5) is 15.1. The number of hydrogen-bond donors (Lipinski definition) is 3. The molecule has 0 spiro atoms. The van der Waals surface area contributed by atoms with Gasteiger partial charge in [0.1, 0.15) is 0 Å². The fourth-order valence-corrected chi connectivity index (χ4v) is 1.00. The molecule has 0 aliphatic carbocycles. The van der Waals surface area contributed by atoms with Gasteiger partial charge in [0.05, 0.1) is 12.2 Å². The summed E-state index contributed by atoms with van der Waals surface area (Å²) in [7, 11) is 0. The summed E-state index contributed by atoms with van der Waals surface area (Å²) in [6.07, 6.45) is 0. The molecular formula is C9H14N4O. The number of carbonyl (C=O) groups excluding carboxylic acids is 1. The lowest BCUT2D eigenvalue weighted by molar-refractivity contribution is 0.240. The fourth-order valence-electron chi connectivity index (χ4n) is 1.00. The van der Waals surface area contributed by atoms with Crippen molar-refractivity contribution in [3.8, 4) is 0 Å². The predicted octanol–water partition coefficient (Wildman–Crippen LogP) is 0.371. The zero-order valence-electron chi connectivity index (χ0n) is 8.29. The third-order valence-corrected chi connectivity index (χ3v) is 1.97. The minimum absolute atomic E-state index is 0.379. The van der Waals surface area contributed by atoms with E-state index in [0.29, 0.717) is 6.54 Å². The molecule has 0 aliphatic rings. The average Bonchev–Trinajstić information content (AvgIpc) is 2.19.